The summed E-state index contributed by atoms with van der Waals surface area (Å²) in [5.41, 5.74) is 2.41. The smallest absolute Gasteiger partial charge is 0.247 e. The molecule has 12 unspecified atom stereocenters. The van der Waals surface area contributed by atoms with E-state index in [2.05, 4.69) is 15.6 Å². The van der Waals surface area contributed by atoms with E-state index in [1.54, 1.807) is 54.7 Å². The first-order valence-electron chi connectivity index (χ1n) is 24.7. The molecular weight excluding hydrogens is 879 g/mol. The van der Waals surface area contributed by atoms with Gasteiger partial charge in [0.25, 0.3) is 0 Å². The van der Waals surface area contributed by atoms with Crippen LogP contribution in [0.5, 0.6) is 0 Å². The van der Waals surface area contributed by atoms with Gasteiger partial charge in [-0.25, -0.2) is 4.98 Å². The third-order valence-electron chi connectivity index (χ3n) is 16.4. The van der Waals surface area contributed by atoms with Crippen LogP contribution >= 0.6 is 0 Å². The Balaban J connectivity index is 0.700. The number of carbonyl (C=O) groups excluding carboxylic acids is 8. The highest BCUT2D eigenvalue weighted by molar-refractivity contribution is 6.11. The Kier molecular flexibility index (Phi) is 11.1. The highest BCUT2D eigenvalue weighted by Gasteiger charge is 2.63. The number of imide groups is 2. The van der Waals surface area contributed by atoms with Crippen molar-refractivity contribution < 1.29 is 42.8 Å². The number of rotatable bonds is 12. The van der Waals surface area contributed by atoms with E-state index in [1.807, 2.05) is 52.0 Å². The van der Waals surface area contributed by atoms with Crippen LogP contribution < -0.4 is 10.6 Å². The molecule has 16 nitrogen and oxygen atoms in total. The standard InChI is InChI=1S/C53H57N7O9/c1-26(2)43(59-48(63)39-30-9-10-31(23-30)40(39)49(59)64)52(67)57-21-5-7-36(57)45(61)55-34-17-13-28(14-18-34)38-25-54-47(69-38)29-15-19-35(20-16-29)56-46(62)37-8-6-22-58(37)53(68)44(27(3)4)60-50(65)41-32-11-12-33(24-32)42(41)51(60)66/h9-20,25-27,30-33,36-37,39-44H,5-8,21-24H2,1-4H3,(H,55,61)(H,56,62). The Morgan fingerprint density at radius 3 is 1.32 bits per heavy atom. The van der Waals surface area contributed by atoms with Crippen LogP contribution in [0.3, 0.4) is 0 Å². The van der Waals surface area contributed by atoms with Gasteiger partial charge in [0.15, 0.2) is 5.76 Å². The molecule has 5 heterocycles. The van der Waals surface area contributed by atoms with Gasteiger partial charge < -0.3 is 24.9 Å². The molecule has 358 valence electrons. The van der Waals surface area contributed by atoms with Crippen LogP contribution in [-0.2, 0) is 38.4 Å². The van der Waals surface area contributed by atoms with Gasteiger partial charge in [0, 0.05) is 35.6 Å². The zero-order chi connectivity index (χ0) is 48.2. The van der Waals surface area contributed by atoms with Crippen molar-refractivity contribution in [1.82, 2.24) is 24.6 Å². The minimum Gasteiger partial charge on any atom is -0.436 e. The number of hydrogen-bond acceptors (Lipinski definition) is 10. The van der Waals surface area contributed by atoms with Gasteiger partial charge in [-0.15, -0.1) is 0 Å². The Morgan fingerprint density at radius 1 is 0.565 bits per heavy atom. The molecule has 2 N–H and O–H groups in total. The predicted octanol–water partition coefficient (Wildman–Crippen LogP) is 5.53. The van der Waals surface area contributed by atoms with E-state index in [0.29, 0.717) is 72.9 Å². The highest BCUT2D eigenvalue weighted by atomic mass is 16.4. The number of oxazole rings is 1. The lowest BCUT2D eigenvalue weighted by molar-refractivity contribution is -0.155. The largest absolute Gasteiger partial charge is 0.436 e. The fourth-order valence-electron chi connectivity index (χ4n) is 13.1. The highest BCUT2D eigenvalue weighted by Crippen LogP contribution is 2.54. The molecule has 1 aromatic heterocycles. The van der Waals surface area contributed by atoms with Gasteiger partial charge in [0.1, 0.15) is 24.2 Å². The summed E-state index contributed by atoms with van der Waals surface area (Å²) < 4.78 is 6.13. The summed E-state index contributed by atoms with van der Waals surface area (Å²) in [5, 5.41) is 5.90. The van der Waals surface area contributed by atoms with Crippen molar-refractivity contribution in [2.24, 2.45) is 59.2 Å². The molecule has 69 heavy (non-hydrogen) atoms. The summed E-state index contributed by atoms with van der Waals surface area (Å²) in [7, 11) is 0. The molecule has 6 fully saturated rings. The van der Waals surface area contributed by atoms with Gasteiger partial charge in [-0.2, -0.15) is 0 Å². The van der Waals surface area contributed by atoms with Crippen LogP contribution in [0.1, 0.15) is 66.2 Å². The van der Waals surface area contributed by atoms with Gasteiger partial charge in [0.2, 0.25) is 53.1 Å². The van der Waals surface area contributed by atoms with Crippen LogP contribution in [0.25, 0.3) is 22.8 Å². The van der Waals surface area contributed by atoms with E-state index in [0.717, 1.165) is 12.8 Å². The maximum atomic E-state index is 14.2. The molecule has 3 aromatic rings. The fourth-order valence-corrected chi connectivity index (χ4v) is 13.1. The monoisotopic (exact) mass is 935 g/mol. The van der Waals surface area contributed by atoms with Crippen molar-refractivity contribution in [1.29, 1.82) is 0 Å². The lowest BCUT2D eigenvalue weighted by Crippen LogP contribution is -2.56. The molecular formula is C53H57N7O9. The van der Waals surface area contributed by atoms with E-state index >= 15 is 0 Å². The van der Waals surface area contributed by atoms with Crippen LogP contribution in [0, 0.1) is 59.2 Å². The topological polar surface area (TPSA) is 200 Å². The Morgan fingerprint density at radius 2 is 0.942 bits per heavy atom. The van der Waals surface area contributed by atoms with E-state index in [4.69, 9.17) is 4.42 Å². The zero-order valence-electron chi connectivity index (χ0n) is 39.2. The van der Waals surface area contributed by atoms with Crippen LogP contribution in [-0.4, -0.2) is 109 Å². The van der Waals surface area contributed by atoms with Gasteiger partial charge in [0.05, 0.1) is 29.9 Å². The molecule has 2 saturated carbocycles. The number of fused-ring (bicyclic) bond motifs is 10. The van der Waals surface area contributed by atoms with Crippen molar-refractivity contribution in [3.8, 4) is 22.8 Å². The molecule has 4 bridgehead atoms. The van der Waals surface area contributed by atoms with Gasteiger partial charge >= 0.3 is 0 Å². The third-order valence-corrected chi connectivity index (χ3v) is 16.4. The van der Waals surface area contributed by atoms with E-state index < -0.39 is 47.8 Å². The lowest BCUT2D eigenvalue weighted by Gasteiger charge is -2.34. The molecule has 16 heteroatoms. The van der Waals surface area contributed by atoms with E-state index in [-0.39, 0.29) is 82.8 Å². The molecule has 4 aliphatic heterocycles. The molecule has 4 aliphatic carbocycles. The Hall–Kier alpha value is -6.71. The number of nitrogens with one attached hydrogen (secondary N) is 2. The average molecular weight is 936 g/mol. The number of aromatic nitrogens is 1. The first-order valence-corrected chi connectivity index (χ1v) is 24.7. The van der Waals surface area contributed by atoms with Gasteiger partial charge in [-0.1, -0.05) is 52.0 Å². The van der Waals surface area contributed by atoms with Crippen molar-refractivity contribution in [2.75, 3.05) is 23.7 Å². The summed E-state index contributed by atoms with van der Waals surface area (Å²) >= 11 is 0. The number of likely N-dealkylation sites (tertiary alicyclic amines) is 4. The Labute approximate surface area is 399 Å². The second-order valence-electron chi connectivity index (χ2n) is 21.0. The molecule has 11 rings (SSSR count). The SMILES string of the molecule is CC(C)C(C(=O)N1CCCC1C(=O)Nc1ccc(-c2cnc(-c3ccc(NC(=O)C4CCCN4C(=O)C(C(C)C)N4C(=O)C5C6C=CC(C6)C5C4=O)cc3)o2)cc1)N1C(=O)C2C3C=CC(C3)C2C1=O. The number of hydrogen-bond donors (Lipinski definition) is 2. The summed E-state index contributed by atoms with van der Waals surface area (Å²) in [6.45, 7) is 8.05. The lowest BCUT2D eigenvalue weighted by atomic mass is 9.85. The molecule has 0 radical (unpaired) electrons. The summed E-state index contributed by atoms with van der Waals surface area (Å²) in [6, 6.07) is 10.6. The molecule has 8 amide bonds. The first kappa shape index (κ1) is 44.8. The first-order chi connectivity index (χ1) is 33.2. The van der Waals surface area contributed by atoms with Crippen LogP contribution in [0.2, 0.25) is 0 Å². The summed E-state index contributed by atoms with van der Waals surface area (Å²) in [5.74, 6) is -3.80. The number of benzene rings is 2. The molecule has 0 spiro atoms. The fraction of sp³-hybridized carbons (Fsp3) is 0.491. The molecule has 8 aliphatic rings. The second kappa shape index (κ2) is 17.1. The molecule has 12 atom stereocenters. The number of carbonyl (C=O) groups is 8. The second-order valence-corrected chi connectivity index (χ2v) is 21.0. The van der Waals surface area contributed by atoms with Gasteiger partial charge in [-0.05, 0) is 123 Å². The van der Waals surface area contributed by atoms with E-state index in [1.165, 1.54) is 19.6 Å². The normalized spacial score (nSPS) is 30.4. The maximum absolute atomic E-state index is 14.2. The van der Waals surface area contributed by atoms with E-state index in [9.17, 15) is 38.4 Å². The van der Waals surface area contributed by atoms with Crippen molar-refractivity contribution in [2.45, 2.75) is 90.4 Å². The number of nitrogens with zero attached hydrogens (tertiary/aromatic N) is 5. The maximum Gasteiger partial charge on any atom is 0.247 e. The predicted molar refractivity (Wildman–Crippen MR) is 250 cm³/mol. The molecule has 4 saturated heterocycles. The number of anilines is 2. The third kappa shape index (κ3) is 7.26. The summed E-state index contributed by atoms with van der Waals surface area (Å²) in [6.07, 6.45) is 13.5. The minimum atomic E-state index is -0.972. The quantitative estimate of drug-likeness (QED) is 0.172. The minimum absolute atomic E-state index is 0.0351. The average Bonchev–Trinajstić information content (AvgIpc) is 4.19. The van der Waals surface area contributed by atoms with Crippen LogP contribution in [0.4, 0.5) is 11.4 Å². The molecule has 2 aromatic carbocycles. The zero-order valence-corrected chi connectivity index (χ0v) is 39.2. The van der Waals surface area contributed by atoms with Crippen LogP contribution in [0.15, 0.2) is 83.4 Å². The Bertz CT molecular complexity index is 2480. The number of allylic oxidation sites excluding steroid dienone is 4. The number of amides is 8. The van der Waals surface area contributed by atoms with Crippen molar-refractivity contribution >= 4 is 58.6 Å². The van der Waals surface area contributed by atoms with Gasteiger partial charge in [-0.3, -0.25) is 48.2 Å². The van der Waals surface area contributed by atoms with Crippen molar-refractivity contribution in [3.63, 3.8) is 0 Å². The van der Waals surface area contributed by atoms with Crippen molar-refractivity contribution in [3.05, 3.63) is 79.0 Å². The summed E-state index contributed by atoms with van der Waals surface area (Å²) in [4.78, 5) is 121.